The van der Waals surface area contributed by atoms with Gasteiger partial charge in [-0.05, 0) is 25.2 Å². The fraction of sp³-hybridized carbons (Fsp3) is 0.250. The first kappa shape index (κ1) is 10.8. The maximum absolute atomic E-state index is 13.5. The van der Waals surface area contributed by atoms with E-state index in [0.717, 1.165) is 12.2 Å². The highest BCUT2D eigenvalue weighted by atomic mass is 19.1. The van der Waals surface area contributed by atoms with Crippen LogP contribution in [0, 0.1) is 5.82 Å². The summed E-state index contributed by atoms with van der Waals surface area (Å²) in [6.45, 7) is 0.720. The normalized spacial score (nSPS) is 10.7. The standard InChI is InChI=1S/C12H14FN3/c1-14-8-9-7-12(15-16(9)2)10-5-3-4-6-11(10)13/h3-7,14H,8H2,1-2H3. The number of aryl methyl sites for hydroxylation is 1. The maximum atomic E-state index is 13.5. The highest BCUT2D eigenvalue weighted by Gasteiger charge is 2.09. The molecule has 1 N–H and O–H groups in total. The van der Waals surface area contributed by atoms with Gasteiger partial charge in [-0.25, -0.2) is 4.39 Å². The number of halogens is 1. The van der Waals surface area contributed by atoms with Crippen molar-refractivity contribution in [3.63, 3.8) is 0 Å². The third-order valence-electron chi connectivity index (χ3n) is 2.48. The topological polar surface area (TPSA) is 29.9 Å². The molecule has 84 valence electrons. The number of hydrogen-bond acceptors (Lipinski definition) is 2. The SMILES string of the molecule is CNCc1cc(-c2ccccc2F)nn1C. The third-order valence-corrected chi connectivity index (χ3v) is 2.48. The lowest BCUT2D eigenvalue weighted by molar-refractivity contribution is 0.629. The molecule has 0 spiro atoms. The second-order valence-electron chi connectivity index (χ2n) is 3.65. The van der Waals surface area contributed by atoms with Crippen molar-refractivity contribution in [3.05, 3.63) is 41.8 Å². The molecule has 0 saturated heterocycles. The Morgan fingerprint density at radius 1 is 1.38 bits per heavy atom. The number of rotatable bonds is 3. The molecule has 1 aromatic heterocycles. The monoisotopic (exact) mass is 219 g/mol. The van der Waals surface area contributed by atoms with Gasteiger partial charge in [-0.3, -0.25) is 4.68 Å². The van der Waals surface area contributed by atoms with E-state index in [1.54, 1.807) is 16.8 Å². The average Bonchev–Trinajstić information content (AvgIpc) is 2.61. The van der Waals surface area contributed by atoms with Crippen LogP contribution in [0.25, 0.3) is 11.3 Å². The van der Waals surface area contributed by atoms with E-state index in [9.17, 15) is 4.39 Å². The van der Waals surface area contributed by atoms with Crippen molar-refractivity contribution in [1.29, 1.82) is 0 Å². The number of nitrogens with zero attached hydrogens (tertiary/aromatic N) is 2. The van der Waals surface area contributed by atoms with Crippen LogP contribution in [0.5, 0.6) is 0 Å². The molecule has 1 heterocycles. The van der Waals surface area contributed by atoms with Gasteiger partial charge in [-0.1, -0.05) is 12.1 Å². The van der Waals surface area contributed by atoms with Gasteiger partial charge in [0.2, 0.25) is 0 Å². The fourth-order valence-corrected chi connectivity index (χ4v) is 1.65. The average molecular weight is 219 g/mol. The van der Waals surface area contributed by atoms with Crippen molar-refractivity contribution in [1.82, 2.24) is 15.1 Å². The van der Waals surface area contributed by atoms with Crippen molar-refractivity contribution in [2.24, 2.45) is 7.05 Å². The summed E-state index contributed by atoms with van der Waals surface area (Å²) in [7, 11) is 3.73. The van der Waals surface area contributed by atoms with Crippen LogP contribution in [0.15, 0.2) is 30.3 Å². The zero-order valence-corrected chi connectivity index (χ0v) is 9.37. The molecule has 0 bridgehead atoms. The first-order chi connectivity index (χ1) is 7.72. The lowest BCUT2D eigenvalue weighted by atomic mass is 10.1. The van der Waals surface area contributed by atoms with Crippen LogP contribution in [0.2, 0.25) is 0 Å². The predicted molar refractivity (Wildman–Crippen MR) is 61.4 cm³/mol. The third kappa shape index (κ3) is 1.97. The largest absolute Gasteiger partial charge is 0.314 e. The van der Waals surface area contributed by atoms with Crippen LogP contribution < -0.4 is 5.32 Å². The van der Waals surface area contributed by atoms with Crippen LogP contribution in [0.1, 0.15) is 5.69 Å². The number of benzene rings is 1. The number of hydrogen-bond donors (Lipinski definition) is 1. The van der Waals surface area contributed by atoms with Crippen molar-refractivity contribution in [2.75, 3.05) is 7.05 Å². The van der Waals surface area contributed by atoms with Crippen LogP contribution in [-0.4, -0.2) is 16.8 Å². The molecule has 0 radical (unpaired) electrons. The molecule has 4 heteroatoms. The molecule has 16 heavy (non-hydrogen) atoms. The van der Waals surface area contributed by atoms with Crippen molar-refractivity contribution >= 4 is 0 Å². The molecule has 3 nitrogen and oxygen atoms in total. The van der Waals surface area contributed by atoms with E-state index in [2.05, 4.69) is 10.4 Å². The Balaban J connectivity index is 2.42. The van der Waals surface area contributed by atoms with E-state index in [1.165, 1.54) is 6.07 Å². The Bertz CT molecular complexity index is 491. The molecule has 0 aliphatic heterocycles. The summed E-state index contributed by atoms with van der Waals surface area (Å²) in [5, 5.41) is 7.35. The minimum Gasteiger partial charge on any atom is -0.314 e. The highest BCUT2D eigenvalue weighted by Crippen LogP contribution is 2.21. The predicted octanol–water partition coefficient (Wildman–Crippen LogP) is 1.95. The number of nitrogens with one attached hydrogen (secondary N) is 1. The molecular weight excluding hydrogens is 205 g/mol. The quantitative estimate of drug-likeness (QED) is 0.855. The maximum Gasteiger partial charge on any atom is 0.132 e. The fourth-order valence-electron chi connectivity index (χ4n) is 1.65. The summed E-state index contributed by atoms with van der Waals surface area (Å²) in [6.07, 6.45) is 0. The first-order valence-corrected chi connectivity index (χ1v) is 5.15. The van der Waals surface area contributed by atoms with Crippen molar-refractivity contribution < 1.29 is 4.39 Å². The van der Waals surface area contributed by atoms with Gasteiger partial charge < -0.3 is 5.32 Å². The Morgan fingerprint density at radius 3 is 2.81 bits per heavy atom. The van der Waals surface area contributed by atoms with Crippen molar-refractivity contribution in [3.8, 4) is 11.3 Å². The summed E-state index contributed by atoms with van der Waals surface area (Å²) >= 11 is 0. The van der Waals surface area contributed by atoms with E-state index in [4.69, 9.17) is 0 Å². The summed E-state index contributed by atoms with van der Waals surface area (Å²) in [4.78, 5) is 0. The summed E-state index contributed by atoms with van der Waals surface area (Å²) in [6, 6.07) is 8.57. The Kier molecular flexibility index (Phi) is 3.01. The lowest BCUT2D eigenvalue weighted by Crippen LogP contribution is -2.09. The van der Waals surface area contributed by atoms with E-state index in [-0.39, 0.29) is 5.82 Å². The van der Waals surface area contributed by atoms with Gasteiger partial charge in [0.05, 0.1) is 11.4 Å². The first-order valence-electron chi connectivity index (χ1n) is 5.15. The Morgan fingerprint density at radius 2 is 2.12 bits per heavy atom. The zero-order chi connectivity index (χ0) is 11.5. The summed E-state index contributed by atoms with van der Waals surface area (Å²) < 4.78 is 15.3. The highest BCUT2D eigenvalue weighted by molar-refractivity contribution is 5.60. The lowest BCUT2D eigenvalue weighted by Gasteiger charge is -1.97. The molecule has 1 aromatic carbocycles. The molecule has 2 aromatic rings. The molecule has 0 amide bonds. The zero-order valence-electron chi connectivity index (χ0n) is 9.37. The second-order valence-corrected chi connectivity index (χ2v) is 3.65. The number of aromatic nitrogens is 2. The van der Waals surface area contributed by atoms with Gasteiger partial charge >= 0.3 is 0 Å². The second kappa shape index (κ2) is 4.45. The van der Waals surface area contributed by atoms with E-state index < -0.39 is 0 Å². The van der Waals surface area contributed by atoms with Crippen molar-refractivity contribution in [2.45, 2.75) is 6.54 Å². The minimum atomic E-state index is -0.239. The van der Waals surface area contributed by atoms with Crippen LogP contribution >= 0.6 is 0 Å². The smallest absolute Gasteiger partial charge is 0.132 e. The van der Waals surface area contributed by atoms with E-state index in [1.807, 2.05) is 26.2 Å². The van der Waals surface area contributed by atoms with Crippen LogP contribution in [0.3, 0.4) is 0 Å². The molecule has 2 rings (SSSR count). The molecular formula is C12H14FN3. The van der Waals surface area contributed by atoms with E-state index >= 15 is 0 Å². The van der Waals surface area contributed by atoms with Gasteiger partial charge in [0, 0.05) is 19.2 Å². The van der Waals surface area contributed by atoms with Gasteiger partial charge in [0.25, 0.3) is 0 Å². The molecule has 0 unspecified atom stereocenters. The molecule has 0 aliphatic carbocycles. The van der Waals surface area contributed by atoms with Gasteiger partial charge in [-0.2, -0.15) is 5.10 Å². The summed E-state index contributed by atoms with van der Waals surface area (Å²) in [5.74, 6) is -0.239. The van der Waals surface area contributed by atoms with Gasteiger partial charge in [0.1, 0.15) is 5.82 Å². The molecule has 0 atom stereocenters. The van der Waals surface area contributed by atoms with Crippen LogP contribution in [0.4, 0.5) is 4.39 Å². The van der Waals surface area contributed by atoms with Gasteiger partial charge in [-0.15, -0.1) is 0 Å². The summed E-state index contributed by atoms with van der Waals surface area (Å²) in [5.41, 5.74) is 2.24. The Labute approximate surface area is 93.9 Å². The van der Waals surface area contributed by atoms with Gasteiger partial charge in [0.15, 0.2) is 0 Å². The van der Waals surface area contributed by atoms with Crippen LogP contribution in [-0.2, 0) is 13.6 Å². The Hall–Kier alpha value is -1.68. The minimum absolute atomic E-state index is 0.239. The van der Waals surface area contributed by atoms with E-state index in [0.29, 0.717) is 11.3 Å². The molecule has 0 saturated carbocycles. The molecule has 0 fully saturated rings. The molecule has 0 aliphatic rings.